The Balaban J connectivity index is 2.51. The highest BCUT2D eigenvalue weighted by Gasteiger charge is 2.20. The molecule has 0 spiro atoms. The van der Waals surface area contributed by atoms with Gasteiger partial charge in [-0.2, -0.15) is 0 Å². The van der Waals surface area contributed by atoms with Crippen LogP contribution in [0.5, 0.6) is 0 Å². The highest BCUT2D eigenvalue weighted by molar-refractivity contribution is 5.24. The summed E-state index contributed by atoms with van der Waals surface area (Å²) in [4.78, 5) is 0. The fourth-order valence-corrected chi connectivity index (χ4v) is 1.45. The average Bonchev–Trinajstić information content (AvgIpc) is 2.07. The second kappa shape index (κ2) is 3.98. The molecule has 0 aromatic heterocycles. The van der Waals surface area contributed by atoms with Crippen LogP contribution >= 0.6 is 0 Å². The Kier molecular flexibility index (Phi) is 2.93. The second-order valence-electron chi connectivity index (χ2n) is 2.83. The minimum Gasteiger partial charge on any atom is -0.613 e. The van der Waals surface area contributed by atoms with Crippen molar-refractivity contribution in [3.05, 3.63) is 10.4 Å². The summed E-state index contributed by atoms with van der Waals surface area (Å²) in [6.45, 7) is 0. The van der Waals surface area contributed by atoms with Crippen LogP contribution in [-0.4, -0.2) is 16.8 Å². The topological polar surface area (TPSA) is 63.1 Å². The van der Waals surface area contributed by atoms with Crippen LogP contribution in [-0.2, 0) is 0 Å². The molecule has 4 heteroatoms. The maximum Gasteiger partial charge on any atom is 0.500 e. The first-order valence-electron chi connectivity index (χ1n) is 3.94. The molecule has 0 atom stereocenters. The fourth-order valence-electron chi connectivity index (χ4n) is 1.45. The molecule has 1 saturated carbocycles. The zero-order valence-electron chi connectivity index (χ0n) is 6.38. The number of nitrogens with zero attached hydrogens (tertiary/aromatic N) is 1. The van der Waals surface area contributed by atoms with E-state index in [1.54, 1.807) is 0 Å². The molecule has 0 aliphatic heterocycles. The molecule has 11 heavy (non-hydrogen) atoms. The van der Waals surface area contributed by atoms with Crippen LogP contribution in [0, 0.1) is 10.4 Å². The van der Waals surface area contributed by atoms with Crippen LogP contribution in [0.3, 0.4) is 0 Å². The molecule has 1 fully saturated rings. The lowest BCUT2D eigenvalue weighted by Gasteiger charge is -2.16. The summed E-state index contributed by atoms with van der Waals surface area (Å²) in [6.07, 6.45) is 5.15. The van der Waals surface area contributed by atoms with E-state index < -0.39 is 0 Å². The van der Waals surface area contributed by atoms with Gasteiger partial charge in [-0.25, -0.2) is 0 Å². The van der Waals surface area contributed by atoms with E-state index in [1.165, 1.54) is 11.6 Å². The van der Waals surface area contributed by atoms with Crippen molar-refractivity contribution in [2.45, 2.75) is 38.1 Å². The monoisotopic (exact) mass is 156 g/mol. The van der Waals surface area contributed by atoms with E-state index >= 15 is 0 Å². The van der Waals surface area contributed by atoms with E-state index in [2.05, 4.69) is 0 Å². The van der Waals surface area contributed by atoms with Gasteiger partial charge in [0.2, 0.25) is 0 Å². The van der Waals surface area contributed by atoms with Gasteiger partial charge in [0.1, 0.15) is 0 Å². The van der Waals surface area contributed by atoms with Crippen LogP contribution in [0.1, 0.15) is 32.1 Å². The average molecular weight is 156 g/mol. The summed E-state index contributed by atoms with van der Waals surface area (Å²) in [5.74, 6) is 0. The summed E-state index contributed by atoms with van der Waals surface area (Å²) in [7, 11) is 0. The van der Waals surface area contributed by atoms with Crippen molar-refractivity contribution in [3.8, 4) is 0 Å². The maximum absolute atomic E-state index is 10.9. The van der Waals surface area contributed by atoms with Gasteiger partial charge in [0.25, 0.3) is 0 Å². The first kappa shape index (κ1) is 8.08. The third kappa shape index (κ3) is 2.24. The van der Waals surface area contributed by atoms with Crippen LogP contribution in [0.4, 0.5) is 0 Å². The molecule has 0 amide bonds. The highest BCUT2D eigenvalue weighted by atomic mass is 16.5. The van der Waals surface area contributed by atoms with E-state index in [1.807, 2.05) is 6.01 Å². The van der Waals surface area contributed by atoms with E-state index in [-0.39, 0.29) is 6.04 Å². The Labute approximate surface area is 65.4 Å². The van der Waals surface area contributed by atoms with Gasteiger partial charge in [0.05, 0.1) is 0 Å². The normalized spacial score (nSPS) is 18.9. The van der Waals surface area contributed by atoms with Gasteiger partial charge in [-0.05, 0) is 12.8 Å². The molecule has 1 aliphatic carbocycles. The highest BCUT2D eigenvalue weighted by Crippen LogP contribution is 2.18. The molecule has 0 radical (unpaired) electrons. The molecule has 1 aliphatic rings. The molecular formula is C7H12N2O2. The minimum atomic E-state index is -0.0230. The lowest BCUT2D eigenvalue weighted by Crippen LogP contribution is -2.59. The summed E-state index contributed by atoms with van der Waals surface area (Å²) in [5, 5.41) is 22.1. The molecule has 0 aromatic carbocycles. The Morgan fingerprint density at radius 1 is 1.27 bits per heavy atom. The van der Waals surface area contributed by atoms with Crippen LogP contribution in [0.15, 0.2) is 0 Å². The van der Waals surface area contributed by atoms with Gasteiger partial charge in [0.15, 0.2) is 6.04 Å². The number of hydrogen-bond donors (Lipinski definition) is 1. The molecule has 1 N–H and O–H groups in total. The Morgan fingerprint density at radius 3 is 2.45 bits per heavy atom. The van der Waals surface area contributed by atoms with Gasteiger partial charge >= 0.3 is 6.01 Å². The van der Waals surface area contributed by atoms with Crippen molar-refractivity contribution >= 4 is 6.01 Å². The number of nitrogens with one attached hydrogen (secondary N) is 1. The first-order valence-corrected chi connectivity index (χ1v) is 3.94. The quantitative estimate of drug-likeness (QED) is 0.242. The Bertz CT molecular complexity index is 179. The minimum absolute atomic E-state index is 0.0230. The SMILES string of the molecule is [O-][NH+]=C=[N+]([O-])C1CCCCC1. The number of hydroxylamine groups is 1. The van der Waals surface area contributed by atoms with Gasteiger partial charge in [-0.15, -0.1) is 5.16 Å². The molecule has 0 saturated heterocycles. The third-order valence-electron chi connectivity index (χ3n) is 2.06. The van der Waals surface area contributed by atoms with E-state index in [0.717, 1.165) is 25.7 Å². The predicted octanol–water partition coefficient (Wildman–Crippen LogP) is -0.418. The smallest absolute Gasteiger partial charge is 0.500 e. The van der Waals surface area contributed by atoms with Gasteiger partial charge in [-0.1, -0.05) is 11.2 Å². The summed E-state index contributed by atoms with van der Waals surface area (Å²) < 4.78 is 0.617. The van der Waals surface area contributed by atoms with Gasteiger partial charge in [0, 0.05) is 12.8 Å². The van der Waals surface area contributed by atoms with Crippen molar-refractivity contribution in [3.63, 3.8) is 0 Å². The Hall–Kier alpha value is -1.02. The number of hydrogen-bond acceptors (Lipinski definition) is 2. The Morgan fingerprint density at radius 2 is 1.91 bits per heavy atom. The van der Waals surface area contributed by atoms with E-state index in [4.69, 9.17) is 0 Å². The van der Waals surface area contributed by atoms with Gasteiger partial charge in [-0.3, -0.25) is 0 Å². The largest absolute Gasteiger partial charge is 0.613 e. The zero-order valence-corrected chi connectivity index (χ0v) is 6.38. The maximum atomic E-state index is 10.9. The van der Waals surface area contributed by atoms with Gasteiger partial charge < -0.3 is 10.4 Å². The summed E-state index contributed by atoms with van der Waals surface area (Å²) in [6, 6.07) is 1.96. The molecule has 4 nitrogen and oxygen atoms in total. The fraction of sp³-hybridized carbons (Fsp3) is 0.857. The molecule has 0 heterocycles. The van der Waals surface area contributed by atoms with Crippen molar-refractivity contribution in [2.24, 2.45) is 0 Å². The second-order valence-corrected chi connectivity index (χ2v) is 2.83. The van der Waals surface area contributed by atoms with Crippen molar-refractivity contribution < 1.29 is 9.89 Å². The molecule has 0 unspecified atom stereocenters. The van der Waals surface area contributed by atoms with Crippen molar-refractivity contribution in [1.82, 2.24) is 0 Å². The van der Waals surface area contributed by atoms with Crippen molar-refractivity contribution in [2.75, 3.05) is 0 Å². The third-order valence-corrected chi connectivity index (χ3v) is 2.06. The molecule has 0 aromatic rings. The molecule has 62 valence electrons. The first-order chi connectivity index (χ1) is 5.34. The lowest BCUT2D eigenvalue weighted by molar-refractivity contribution is -0.530. The predicted molar refractivity (Wildman–Crippen MR) is 39.8 cm³/mol. The van der Waals surface area contributed by atoms with E-state index in [0.29, 0.717) is 4.74 Å². The molecule has 1 rings (SSSR count). The van der Waals surface area contributed by atoms with Crippen LogP contribution < -0.4 is 5.16 Å². The molecule has 0 bridgehead atoms. The standard InChI is InChI=1S/C7H12N2O2/c10-8-6-9(11)7-4-2-1-3-5-7/h7-8H,1-5H2. The zero-order chi connectivity index (χ0) is 8.10. The number of rotatable bonds is 1. The van der Waals surface area contributed by atoms with Crippen LogP contribution in [0.25, 0.3) is 0 Å². The van der Waals surface area contributed by atoms with Crippen molar-refractivity contribution in [1.29, 1.82) is 0 Å². The lowest BCUT2D eigenvalue weighted by atomic mass is 9.96. The molecular weight excluding hydrogens is 144 g/mol. The van der Waals surface area contributed by atoms with Crippen LogP contribution in [0.2, 0.25) is 0 Å². The van der Waals surface area contributed by atoms with E-state index in [9.17, 15) is 10.4 Å². The summed E-state index contributed by atoms with van der Waals surface area (Å²) in [5.41, 5.74) is 0. The summed E-state index contributed by atoms with van der Waals surface area (Å²) >= 11 is 0.